The van der Waals surface area contributed by atoms with E-state index in [1.165, 1.54) is 12.0 Å². The van der Waals surface area contributed by atoms with Gasteiger partial charge in [0.1, 0.15) is 0 Å². The summed E-state index contributed by atoms with van der Waals surface area (Å²) in [6, 6.07) is 5.85. The van der Waals surface area contributed by atoms with Crippen LogP contribution in [0.15, 0.2) is 18.2 Å². The molecule has 0 amide bonds. The molecule has 2 aliphatic rings. The Morgan fingerprint density at radius 2 is 2.11 bits per heavy atom. The number of halogens is 2. The minimum Gasteiger partial charge on any atom is -0.374 e. The number of ether oxygens (including phenoxy) is 1. The van der Waals surface area contributed by atoms with Gasteiger partial charge in [0.05, 0.1) is 22.3 Å². The van der Waals surface area contributed by atoms with Gasteiger partial charge in [-0.3, -0.25) is 0 Å². The first-order valence-electron chi connectivity index (χ1n) is 6.42. The van der Waals surface area contributed by atoms with Crippen LogP contribution < -0.4 is 5.73 Å². The summed E-state index contributed by atoms with van der Waals surface area (Å²) < 4.78 is 5.97. The van der Waals surface area contributed by atoms with Gasteiger partial charge in [-0.15, -0.1) is 0 Å². The van der Waals surface area contributed by atoms with Crippen molar-refractivity contribution in [3.8, 4) is 0 Å². The van der Waals surface area contributed by atoms with E-state index in [0.717, 1.165) is 19.3 Å². The number of hydrogen-bond acceptors (Lipinski definition) is 2. The van der Waals surface area contributed by atoms with Gasteiger partial charge in [0, 0.05) is 12.0 Å². The highest BCUT2D eigenvalue weighted by Crippen LogP contribution is 2.49. The van der Waals surface area contributed by atoms with Crippen molar-refractivity contribution in [1.29, 1.82) is 0 Å². The summed E-state index contributed by atoms with van der Waals surface area (Å²) in [5, 5.41) is 1.22. The summed E-state index contributed by atoms with van der Waals surface area (Å²) in [6.07, 6.45) is 5.08. The third-order valence-corrected chi connectivity index (χ3v) is 5.11. The van der Waals surface area contributed by atoms with Crippen LogP contribution in [0.1, 0.15) is 24.8 Å². The molecule has 98 valence electrons. The predicted octanol–water partition coefficient (Wildman–Crippen LogP) is 3.43. The summed E-state index contributed by atoms with van der Waals surface area (Å²) in [7, 11) is 0. The normalized spacial score (nSPS) is 34.2. The SMILES string of the molecule is NCC1(Cc2ccc(Cl)c(Cl)c2)CC2CCC1O2. The molecule has 2 aliphatic heterocycles. The molecule has 2 heterocycles. The van der Waals surface area contributed by atoms with Gasteiger partial charge in [0.2, 0.25) is 0 Å². The molecule has 3 unspecified atom stereocenters. The van der Waals surface area contributed by atoms with Gasteiger partial charge in [-0.1, -0.05) is 29.3 Å². The van der Waals surface area contributed by atoms with E-state index in [-0.39, 0.29) is 5.41 Å². The molecule has 4 heteroatoms. The van der Waals surface area contributed by atoms with Crippen LogP contribution in [0.2, 0.25) is 10.0 Å². The van der Waals surface area contributed by atoms with Crippen LogP contribution in [0.3, 0.4) is 0 Å². The summed E-state index contributed by atoms with van der Waals surface area (Å²) in [4.78, 5) is 0. The second kappa shape index (κ2) is 4.68. The van der Waals surface area contributed by atoms with Crippen LogP contribution in [0, 0.1) is 5.41 Å². The van der Waals surface area contributed by atoms with Crippen molar-refractivity contribution in [1.82, 2.24) is 0 Å². The molecular weight excluding hydrogens is 269 g/mol. The maximum Gasteiger partial charge on any atom is 0.0652 e. The van der Waals surface area contributed by atoms with Crippen LogP contribution in [0.5, 0.6) is 0 Å². The van der Waals surface area contributed by atoms with E-state index < -0.39 is 0 Å². The lowest BCUT2D eigenvalue weighted by Gasteiger charge is -2.34. The Morgan fingerprint density at radius 3 is 2.67 bits per heavy atom. The molecule has 1 aromatic carbocycles. The molecule has 2 fully saturated rings. The van der Waals surface area contributed by atoms with Crippen molar-refractivity contribution in [2.75, 3.05) is 6.54 Å². The highest BCUT2D eigenvalue weighted by molar-refractivity contribution is 6.42. The molecular formula is C14H17Cl2NO. The highest BCUT2D eigenvalue weighted by Gasteiger charge is 2.51. The summed E-state index contributed by atoms with van der Waals surface area (Å²) in [5.74, 6) is 0. The lowest BCUT2D eigenvalue weighted by atomic mass is 9.70. The molecule has 0 radical (unpaired) electrons. The monoisotopic (exact) mass is 285 g/mol. The fourth-order valence-electron chi connectivity index (χ4n) is 3.42. The average Bonchev–Trinajstić information content (AvgIpc) is 2.94. The van der Waals surface area contributed by atoms with E-state index in [1.807, 2.05) is 18.2 Å². The Balaban J connectivity index is 1.84. The predicted molar refractivity (Wildman–Crippen MR) is 74.2 cm³/mol. The molecule has 3 rings (SSSR count). The quantitative estimate of drug-likeness (QED) is 0.924. The van der Waals surface area contributed by atoms with E-state index >= 15 is 0 Å². The number of benzene rings is 1. The Morgan fingerprint density at radius 1 is 1.28 bits per heavy atom. The van der Waals surface area contributed by atoms with E-state index in [0.29, 0.717) is 28.8 Å². The molecule has 0 aromatic heterocycles. The Labute approximate surface area is 117 Å². The van der Waals surface area contributed by atoms with Gasteiger partial charge in [-0.2, -0.15) is 0 Å². The number of fused-ring (bicyclic) bond motifs is 2. The first kappa shape index (κ1) is 12.7. The van der Waals surface area contributed by atoms with Gasteiger partial charge < -0.3 is 10.5 Å². The standard InChI is InChI=1S/C14H17Cl2NO/c15-11-3-1-9(5-12(11)16)6-14(8-17)7-10-2-4-13(14)18-10/h1,3,5,10,13H,2,4,6-8,17H2. The van der Waals surface area contributed by atoms with Gasteiger partial charge in [-0.25, -0.2) is 0 Å². The maximum absolute atomic E-state index is 6.07. The Hall–Kier alpha value is -0.280. The largest absolute Gasteiger partial charge is 0.374 e. The molecule has 2 saturated heterocycles. The first-order valence-corrected chi connectivity index (χ1v) is 7.18. The van der Waals surface area contributed by atoms with Gasteiger partial charge in [-0.05, 0) is 43.4 Å². The fourth-order valence-corrected chi connectivity index (χ4v) is 3.74. The molecule has 0 spiro atoms. The second-order valence-electron chi connectivity index (χ2n) is 5.52. The van der Waals surface area contributed by atoms with Crippen molar-refractivity contribution >= 4 is 23.2 Å². The fraction of sp³-hybridized carbons (Fsp3) is 0.571. The topological polar surface area (TPSA) is 35.2 Å². The molecule has 2 N–H and O–H groups in total. The first-order chi connectivity index (χ1) is 8.63. The zero-order valence-corrected chi connectivity index (χ0v) is 11.7. The van der Waals surface area contributed by atoms with E-state index in [4.69, 9.17) is 33.7 Å². The average molecular weight is 286 g/mol. The highest BCUT2D eigenvalue weighted by atomic mass is 35.5. The molecule has 3 atom stereocenters. The number of rotatable bonds is 3. The van der Waals surface area contributed by atoms with Crippen LogP contribution >= 0.6 is 23.2 Å². The summed E-state index contributed by atoms with van der Waals surface area (Å²) >= 11 is 12.0. The zero-order valence-electron chi connectivity index (χ0n) is 10.2. The number of hydrogen-bond donors (Lipinski definition) is 1. The van der Waals surface area contributed by atoms with Crippen molar-refractivity contribution in [2.24, 2.45) is 11.1 Å². The lowest BCUT2D eigenvalue weighted by molar-refractivity contribution is 0.0636. The van der Waals surface area contributed by atoms with E-state index in [9.17, 15) is 0 Å². The van der Waals surface area contributed by atoms with Gasteiger partial charge in [0.25, 0.3) is 0 Å². The Bertz CT molecular complexity index is 465. The van der Waals surface area contributed by atoms with Gasteiger partial charge in [0.15, 0.2) is 0 Å². The second-order valence-corrected chi connectivity index (χ2v) is 6.33. The minimum atomic E-state index is 0.0973. The van der Waals surface area contributed by atoms with Crippen molar-refractivity contribution in [2.45, 2.75) is 37.9 Å². The van der Waals surface area contributed by atoms with Crippen molar-refractivity contribution in [3.63, 3.8) is 0 Å². The molecule has 0 aliphatic carbocycles. The van der Waals surface area contributed by atoms with Crippen LogP contribution in [0.25, 0.3) is 0 Å². The summed E-state index contributed by atoms with van der Waals surface area (Å²) in [5.41, 5.74) is 7.33. The molecule has 2 nitrogen and oxygen atoms in total. The minimum absolute atomic E-state index is 0.0973. The molecule has 0 saturated carbocycles. The van der Waals surface area contributed by atoms with Crippen molar-refractivity contribution in [3.05, 3.63) is 33.8 Å². The zero-order chi connectivity index (χ0) is 12.8. The van der Waals surface area contributed by atoms with E-state index in [2.05, 4.69) is 0 Å². The molecule has 18 heavy (non-hydrogen) atoms. The van der Waals surface area contributed by atoms with Crippen LogP contribution in [0.4, 0.5) is 0 Å². The Kier molecular flexibility index (Phi) is 3.31. The smallest absolute Gasteiger partial charge is 0.0652 e. The third kappa shape index (κ3) is 2.05. The lowest BCUT2D eigenvalue weighted by Crippen LogP contribution is -2.41. The van der Waals surface area contributed by atoms with Crippen LogP contribution in [-0.2, 0) is 11.2 Å². The van der Waals surface area contributed by atoms with Crippen LogP contribution in [-0.4, -0.2) is 18.8 Å². The maximum atomic E-state index is 6.07. The molecule has 2 bridgehead atoms. The molecule has 1 aromatic rings. The van der Waals surface area contributed by atoms with Crippen molar-refractivity contribution < 1.29 is 4.74 Å². The third-order valence-electron chi connectivity index (χ3n) is 4.37. The van der Waals surface area contributed by atoms with Gasteiger partial charge >= 0.3 is 0 Å². The summed E-state index contributed by atoms with van der Waals surface area (Å²) in [6.45, 7) is 0.675. The number of nitrogens with two attached hydrogens (primary N) is 1. The van der Waals surface area contributed by atoms with E-state index in [1.54, 1.807) is 0 Å².